The summed E-state index contributed by atoms with van der Waals surface area (Å²) in [4.78, 5) is 18.5. The summed E-state index contributed by atoms with van der Waals surface area (Å²) in [5.41, 5.74) is 7.42. The number of amidine groups is 1. The van der Waals surface area contributed by atoms with E-state index in [-0.39, 0.29) is 30.9 Å². The molecule has 0 unspecified atom stereocenters. The lowest BCUT2D eigenvalue weighted by Crippen LogP contribution is -2.52. The van der Waals surface area contributed by atoms with E-state index < -0.39 is 11.5 Å². The summed E-state index contributed by atoms with van der Waals surface area (Å²) < 4.78 is 24.9. The van der Waals surface area contributed by atoms with Crippen LogP contribution in [0.4, 0.5) is 14.9 Å². The Morgan fingerprint density at radius 2 is 1.87 bits per heavy atom. The number of hydrogen-bond acceptors (Lipinski definition) is 6. The van der Waals surface area contributed by atoms with Crippen LogP contribution in [0.5, 0.6) is 0 Å². The summed E-state index contributed by atoms with van der Waals surface area (Å²) in [6.45, 7) is 1.96. The second-order valence-electron chi connectivity index (χ2n) is 7.46. The number of nitrogens with one attached hydrogen (secondary N) is 1. The van der Waals surface area contributed by atoms with Gasteiger partial charge in [0.25, 0.3) is 0 Å². The van der Waals surface area contributed by atoms with Crippen LogP contribution in [0.1, 0.15) is 24.0 Å². The molecule has 2 aromatic rings. The van der Waals surface area contributed by atoms with Gasteiger partial charge in [-0.2, -0.15) is 0 Å². The van der Waals surface area contributed by atoms with Crippen LogP contribution in [0.3, 0.4) is 0 Å². The molecule has 2 aliphatic heterocycles. The van der Waals surface area contributed by atoms with E-state index in [9.17, 15) is 9.18 Å². The highest BCUT2D eigenvalue weighted by atomic mass is 35.5. The lowest BCUT2D eigenvalue weighted by Gasteiger charge is -2.42. The van der Waals surface area contributed by atoms with Crippen molar-refractivity contribution in [2.24, 2.45) is 10.7 Å². The second-order valence-corrected chi connectivity index (χ2v) is 7.46. The first-order valence-electron chi connectivity index (χ1n) is 10.0. The zero-order chi connectivity index (χ0) is 21.0. The molecule has 4 rings (SSSR count). The number of amides is 1. The van der Waals surface area contributed by atoms with Gasteiger partial charge in [0.2, 0.25) is 0 Å². The molecule has 0 aliphatic carbocycles. The molecule has 1 spiro atoms. The van der Waals surface area contributed by atoms with Gasteiger partial charge in [-0.3, -0.25) is 0 Å². The lowest BCUT2D eigenvalue weighted by molar-refractivity contribution is 0.0432. The van der Waals surface area contributed by atoms with E-state index in [1.807, 2.05) is 30.3 Å². The van der Waals surface area contributed by atoms with E-state index in [0.29, 0.717) is 50.4 Å². The summed E-state index contributed by atoms with van der Waals surface area (Å²) in [5.74, 6) is -0.208. The number of anilines is 1. The van der Waals surface area contributed by atoms with E-state index in [1.165, 1.54) is 6.07 Å². The molecular formula is C22H26ClFN4O3. The summed E-state index contributed by atoms with van der Waals surface area (Å²) in [7, 11) is 0. The van der Waals surface area contributed by atoms with Gasteiger partial charge in [0.05, 0.1) is 18.8 Å². The Labute approximate surface area is 186 Å². The van der Waals surface area contributed by atoms with Gasteiger partial charge in [-0.05, 0) is 17.7 Å². The molecule has 0 radical (unpaired) electrons. The van der Waals surface area contributed by atoms with Crippen molar-refractivity contribution in [2.45, 2.75) is 25.1 Å². The topological polar surface area (TPSA) is 89.2 Å². The fourth-order valence-corrected chi connectivity index (χ4v) is 3.79. The number of nitrogens with zero attached hydrogens (tertiary/aromatic N) is 2. The zero-order valence-electron chi connectivity index (χ0n) is 17.1. The Kier molecular flexibility index (Phi) is 7.35. The number of ether oxygens (including phenoxy) is 2. The summed E-state index contributed by atoms with van der Waals surface area (Å²) in [6.07, 6.45) is 0.749. The van der Waals surface area contributed by atoms with Crippen LogP contribution in [0, 0.1) is 5.82 Å². The Morgan fingerprint density at radius 3 is 2.61 bits per heavy atom. The van der Waals surface area contributed by atoms with E-state index in [2.05, 4.69) is 10.3 Å². The number of aliphatic imine (C=N–C) groups is 1. The average molecular weight is 449 g/mol. The third-order valence-electron chi connectivity index (χ3n) is 5.39. The number of carbonyl (C=O) groups is 1. The van der Waals surface area contributed by atoms with Crippen LogP contribution in [0.2, 0.25) is 0 Å². The van der Waals surface area contributed by atoms with Crippen molar-refractivity contribution >= 4 is 30.0 Å². The fourth-order valence-electron chi connectivity index (χ4n) is 3.79. The molecule has 0 saturated carbocycles. The minimum atomic E-state index is -0.625. The second kappa shape index (κ2) is 9.98. The van der Waals surface area contributed by atoms with E-state index in [1.54, 1.807) is 17.0 Å². The number of rotatable bonds is 5. The Hall–Kier alpha value is -2.84. The van der Waals surface area contributed by atoms with Crippen molar-refractivity contribution in [3.8, 4) is 0 Å². The van der Waals surface area contributed by atoms with Crippen LogP contribution in [-0.2, 0) is 16.1 Å². The molecule has 166 valence electrons. The monoisotopic (exact) mass is 448 g/mol. The van der Waals surface area contributed by atoms with Gasteiger partial charge in [-0.15, -0.1) is 12.4 Å². The molecule has 2 aromatic carbocycles. The van der Waals surface area contributed by atoms with Crippen LogP contribution in [-0.4, -0.2) is 48.8 Å². The first kappa shape index (κ1) is 22.8. The van der Waals surface area contributed by atoms with Crippen molar-refractivity contribution in [1.29, 1.82) is 0 Å². The zero-order valence-corrected chi connectivity index (χ0v) is 17.9. The number of likely N-dealkylation sites (tertiary alicyclic amines) is 1. The number of hydrogen-bond donors (Lipinski definition) is 2. The number of fused-ring (bicyclic) bond motifs is 1. The van der Waals surface area contributed by atoms with Gasteiger partial charge < -0.3 is 25.4 Å². The minimum Gasteiger partial charge on any atom is -0.447 e. The van der Waals surface area contributed by atoms with E-state index >= 15 is 0 Å². The van der Waals surface area contributed by atoms with Gasteiger partial charge in [-0.25, -0.2) is 14.2 Å². The molecule has 1 saturated heterocycles. The number of piperidine rings is 1. The number of nitrogens with two attached hydrogens (primary N) is 1. The number of benzene rings is 2. The summed E-state index contributed by atoms with van der Waals surface area (Å²) in [5, 5.41) is 3.31. The number of carbonyl (C=O) groups excluding carboxylic acids is 1. The molecule has 7 nitrogen and oxygen atoms in total. The van der Waals surface area contributed by atoms with Crippen molar-refractivity contribution < 1.29 is 18.7 Å². The molecule has 2 heterocycles. The van der Waals surface area contributed by atoms with Crippen LogP contribution in [0.15, 0.2) is 53.5 Å². The molecule has 1 fully saturated rings. The van der Waals surface area contributed by atoms with Gasteiger partial charge in [0.1, 0.15) is 23.9 Å². The van der Waals surface area contributed by atoms with E-state index in [4.69, 9.17) is 15.2 Å². The van der Waals surface area contributed by atoms with Crippen LogP contribution < -0.4 is 11.1 Å². The largest absolute Gasteiger partial charge is 0.447 e. The summed E-state index contributed by atoms with van der Waals surface area (Å²) >= 11 is 0. The molecule has 0 atom stereocenters. The maximum absolute atomic E-state index is 14.0. The first-order chi connectivity index (χ1) is 14.6. The number of halogens is 2. The van der Waals surface area contributed by atoms with Crippen molar-refractivity contribution in [3.63, 3.8) is 0 Å². The lowest BCUT2D eigenvalue weighted by atomic mass is 9.94. The molecule has 0 bridgehead atoms. The highest BCUT2D eigenvalue weighted by Gasteiger charge is 2.39. The molecule has 31 heavy (non-hydrogen) atoms. The Bertz CT molecular complexity index is 934. The third-order valence-corrected chi connectivity index (χ3v) is 5.39. The third kappa shape index (κ3) is 5.26. The first-order valence-corrected chi connectivity index (χ1v) is 10.0. The molecule has 1 amide bonds. The molecule has 2 aliphatic rings. The van der Waals surface area contributed by atoms with Gasteiger partial charge >= 0.3 is 6.09 Å². The van der Waals surface area contributed by atoms with Crippen LogP contribution >= 0.6 is 12.4 Å². The smallest absolute Gasteiger partial charge is 0.409 e. The van der Waals surface area contributed by atoms with Gasteiger partial charge in [0, 0.05) is 31.6 Å². The maximum Gasteiger partial charge on any atom is 0.409 e. The summed E-state index contributed by atoms with van der Waals surface area (Å²) in [6, 6.07) is 14.6. The predicted octanol–water partition coefficient (Wildman–Crippen LogP) is 3.52. The normalized spacial score (nSPS) is 16.5. The molecular weight excluding hydrogens is 423 g/mol. The average Bonchev–Trinajstić information content (AvgIpc) is 2.74. The van der Waals surface area contributed by atoms with E-state index in [0.717, 1.165) is 5.56 Å². The van der Waals surface area contributed by atoms with Gasteiger partial charge in [0.15, 0.2) is 0 Å². The van der Waals surface area contributed by atoms with Gasteiger partial charge in [-0.1, -0.05) is 36.4 Å². The molecule has 3 N–H and O–H groups in total. The SMILES string of the molecule is Cl.NC1=NC2(CCN(C(=O)OCCOCc3ccccc3)CC2)Nc2cccc(F)c21. The quantitative estimate of drug-likeness (QED) is 0.683. The standard InChI is InChI=1S/C22H25FN4O3.ClH/c23-17-7-4-8-18-19(17)20(24)26-22(25-18)9-11-27(12-10-22)21(28)30-14-13-29-15-16-5-2-1-3-6-16;/h1-8,25H,9-15H2,(H2,24,26);1H. The van der Waals surface area contributed by atoms with Crippen LogP contribution in [0.25, 0.3) is 0 Å². The van der Waals surface area contributed by atoms with Crippen molar-refractivity contribution in [2.75, 3.05) is 31.6 Å². The minimum absolute atomic E-state index is 0. The Morgan fingerprint density at radius 1 is 1.13 bits per heavy atom. The highest BCUT2D eigenvalue weighted by molar-refractivity contribution is 6.04. The van der Waals surface area contributed by atoms with Crippen molar-refractivity contribution in [1.82, 2.24) is 4.90 Å². The Balaban J connectivity index is 0.00000272. The molecule has 0 aromatic heterocycles. The van der Waals surface area contributed by atoms with Crippen molar-refractivity contribution in [3.05, 3.63) is 65.5 Å². The predicted molar refractivity (Wildman–Crippen MR) is 119 cm³/mol. The maximum atomic E-state index is 14.0. The highest BCUT2D eigenvalue weighted by Crippen LogP contribution is 2.35. The fraction of sp³-hybridized carbons (Fsp3) is 0.364. The molecule has 9 heteroatoms.